The molecule has 0 aliphatic carbocycles. The first-order valence-corrected chi connectivity index (χ1v) is 5.39. The number of aromatic amines is 1. The van der Waals surface area contributed by atoms with Crippen LogP contribution in [0.1, 0.15) is 24.6 Å². The molecule has 0 bridgehead atoms. The molecule has 2 heteroatoms. The van der Waals surface area contributed by atoms with Crippen molar-refractivity contribution in [3.8, 4) is 0 Å². The maximum absolute atomic E-state index is 10.4. The summed E-state index contributed by atoms with van der Waals surface area (Å²) in [5.74, 6) is 0. The number of para-hydroxylation sites is 1. The Morgan fingerprint density at radius 1 is 1.33 bits per heavy atom. The highest BCUT2D eigenvalue weighted by Crippen LogP contribution is 2.23. The Labute approximate surface area is 89.3 Å². The summed E-state index contributed by atoms with van der Waals surface area (Å²) >= 11 is 0. The molecule has 0 radical (unpaired) electrons. The molecule has 0 saturated heterocycles. The Balaban J connectivity index is 2.48. The fraction of sp³-hybridized carbons (Fsp3) is 0.308. The monoisotopic (exact) mass is 201 g/mol. The van der Waals surface area contributed by atoms with Gasteiger partial charge in [0, 0.05) is 23.0 Å². The number of fused-ring (bicyclic) bond motifs is 1. The van der Waals surface area contributed by atoms with Crippen LogP contribution in [0.15, 0.2) is 24.3 Å². The van der Waals surface area contributed by atoms with E-state index in [-0.39, 0.29) is 0 Å². The molecule has 15 heavy (non-hydrogen) atoms. The largest absolute Gasteiger partial charge is 0.358 e. The lowest BCUT2D eigenvalue weighted by molar-refractivity contribution is -0.107. The molecule has 1 aromatic heterocycles. The molecule has 0 spiro atoms. The van der Waals surface area contributed by atoms with Crippen LogP contribution in [0.5, 0.6) is 0 Å². The summed E-state index contributed by atoms with van der Waals surface area (Å²) in [5.41, 5.74) is 3.74. The molecule has 0 saturated carbocycles. The standard InChI is InChI=1S/C13H15NO/c1-2-10-11-6-3-4-7-13(11)14-12(10)8-5-9-15/h3-4,6-7,9,14H,2,5,8H2,1H3. The molecular weight excluding hydrogens is 186 g/mol. The summed E-state index contributed by atoms with van der Waals surface area (Å²) < 4.78 is 0. The van der Waals surface area contributed by atoms with Crippen LogP contribution < -0.4 is 0 Å². The molecule has 0 aliphatic heterocycles. The molecule has 0 atom stereocenters. The van der Waals surface area contributed by atoms with E-state index in [9.17, 15) is 4.79 Å². The Morgan fingerprint density at radius 2 is 2.13 bits per heavy atom. The van der Waals surface area contributed by atoms with Gasteiger partial charge in [0.1, 0.15) is 6.29 Å². The van der Waals surface area contributed by atoms with Gasteiger partial charge < -0.3 is 9.78 Å². The van der Waals surface area contributed by atoms with Crippen LogP contribution >= 0.6 is 0 Å². The predicted octanol–water partition coefficient (Wildman–Crippen LogP) is 2.86. The van der Waals surface area contributed by atoms with Gasteiger partial charge in [0.25, 0.3) is 0 Å². The van der Waals surface area contributed by atoms with Crippen molar-refractivity contribution >= 4 is 17.2 Å². The third kappa shape index (κ3) is 1.80. The SMILES string of the molecule is CCc1c(CCC=O)[nH]c2ccccc12. The first-order chi connectivity index (χ1) is 7.36. The van der Waals surface area contributed by atoms with Crippen molar-refractivity contribution in [2.75, 3.05) is 0 Å². The normalized spacial score (nSPS) is 10.7. The Hall–Kier alpha value is -1.57. The molecule has 0 aliphatic rings. The van der Waals surface area contributed by atoms with E-state index in [1.54, 1.807) is 0 Å². The first kappa shape index (κ1) is 9.97. The average Bonchev–Trinajstić information content (AvgIpc) is 2.63. The lowest BCUT2D eigenvalue weighted by Crippen LogP contribution is -1.91. The number of hydrogen-bond donors (Lipinski definition) is 1. The van der Waals surface area contributed by atoms with E-state index in [4.69, 9.17) is 0 Å². The van der Waals surface area contributed by atoms with Gasteiger partial charge in [-0.05, 0) is 24.5 Å². The van der Waals surface area contributed by atoms with E-state index in [1.165, 1.54) is 22.2 Å². The summed E-state index contributed by atoms with van der Waals surface area (Å²) in [7, 11) is 0. The molecule has 2 aromatic rings. The lowest BCUT2D eigenvalue weighted by atomic mass is 10.1. The van der Waals surface area contributed by atoms with Crippen LogP contribution in [0.4, 0.5) is 0 Å². The average molecular weight is 201 g/mol. The highest BCUT2D eigenvalue weighted by Gasteiger charge is 2.08. The number of hydrogen-bond acceptors (Lipinski definition) is 1. The van der Waals surface area contributed by atoms with Gasteiger partial charge in [0.05, 0.1) is 0 Å². The topological polar surface area (TPSA) is 32.9 Å². The molecule has 2 rings (SSSR count). The molecule has 2 nitrogen and oxygen atoms in total. The molecule has 1 aromatic carbocycles. The number of carbonyl (C=O) groups is 1. The summed E-state index contributed by atoms with van der Waals surface area (Å²) in [5, 5.41) is 1.29. The third-order valence-electron chi connectivity index (χ3n) is 2.77. The van der Waals surface area contributed by atoms with Crippen LogP contribution in [-0.4, -0.2) is 11.3 Å². The van der Waals surface area contributed by atoms with E-state index in [0.717, 1.165) is 19.1 Å². The number of aromatic nitrogens is 1. The van der Waals surface area contributed by atoms with Crippen LogP contribution in [0.2, 0.25) is 0 Å². The van der Waals surface area contributed by atoms with Crippen molar-refractivity contribution in [2.24, 2.45) is 0 Å². The summed E-state index contributed by atoms with van der Waals surface area (Å²) in [6.45, 7) is 2.15. The fourth-order valence-corrected chi connectivity index (χ4v) is 2.08. The number of H-pyrrole nitrogens is 1. The highest BCUT2D eigenvalue weighted by molar-refractivity contribution is 5.84. The van der Waals surface area contributed by atoms with E-state index in [0.29, 0.717) is 6.42 Å². The Kier molecular flexibility index (Phi) is 2.86. The van der Waals surface area contributed by atoms with Crippen LogP contribution in [0.25, 0.3) is 10.9 Å². The minimum atomic E-state index is 0.597. The fourth-order valence-electron chi connectivity index (χ4n) is 2.08. The van der Waals surface area contributed by atoms with Crippen molar-refractivity contribution < 1.29 is 4.79 Å². The van der Waals surface area contributed by atoms with Gasteiger partial charge in [-0.15, -0.1) is 0 Å². The van der Waals surface area contributed by atoms with Gasteiger partial charge >= 0.3 is 0 Å². The zero-order chi connectivity index (χ0) is 10.7. The smallest absolute Gasteiger partial charge is 0.120 e. The molecule has 1 heterocycles. The highest BCUT2D eigenvalue weighted by atomic mass is 16.1. The zero-order valence-electron chi connectivity index (χ0n) is 8.92. The minimum Gasteiger partial charge on any atom is -0.358 e. The molecule has 78 valence electrons. The molecule has 0 fully saturated rings. The zero-order valence-corrected chi connectivity index (χ0v) is 8.92. The summed E-state index contributed by atoms with van der Waals surface area (Å²) in [4.78, 5) is 13.8. The Morgan fingerprint density at radius 3 is 2.87 bits per heavy atom. The van der Waals surface area contributed by atoms with E-state index >= 15 is 0 Å². The first-order valence-electron chi connectivity index (χ1n) is 5.39. The lowest BCUT2D eigenvalue weighted by Gasteiger charge is -1.98. The number of nitrogens with one attached hydrogen (secondary N) is 1. The van der Waals surface area contributed by atoms with Crippen molar-refractivity contribution in [1.82, 2.24) is 4.98 Å². The number of aldehydes is 1. The number of benzene rings is 1. The van der Waals surface area contributed by atoms with Crippen LogP contribution in [-0.2, 0) is 17.6 Å². The van der Waals surface area contributed by atoms with Gasteiger partial charge in [0.15, 0.2) is 0 Å². The number of rotatable bonds is 4. The summed E-state index contributed by atoms with van der Waals surface area (Å²) in [6, 6.07) is 8.30. The maximum atomic E-state index is 10.4. The van der Waals surface area contributed by atoms with Gasteiger partial charge in [-0.2, -0.15) is 0 Å². The second-order valence-electron chi connectivity index (χ2n) is 3.69. The maximum Gasteiger partial charge on any atom is 0.120 e. The van der Waals surface area contributed by atoms with Crippen molar-refractivity contribution in [3.05, 3.63) is 35.5 Å². The van der Waals surface area contributed by atoms with Crippen molar-refractivity contribution in [2.45, 2.75) is 26.2 Å². The second kappa shape index (κ2) is 4.30. The quantitative estimate of drug-likeness (QED) is 0.758. The number of aryl methyl sites for hydroxylation is 2. The Bertz CT molecular complexity index is 470. The van der Waals surface area contributed by atoms with Crippen molar-refractivity contribution in [3.63, 3.8) is 0 Å². The van der Waals surface area contributed by atoms with E-state index < -0.39 is 0 Å². The van der Waals surface area contributed by atoms with Gasteiger partial charge in [-0.3, -0.25) is 0 Å². The van der Waals surface area contributed by atoms with E-state index in [1.807, 2.05) is 6.07 Å². The number of carbonyl (C=O) groups excluding carboxylic acids is 1. The third-order valence-corrected chi connectivity index (χ3v) is 2.77. The summed E-state index contributed by atoms with van der Waals surface area (Å²) in [6.07, 6.45) is 3.41. The van der Waals surface area contributed by atoms with Crippen LogP contribution in [0, 0.1) is 0 Å². The predicted molar refractivity (Wildman–Crippen MR) is 62.1 cm³/mol. The molecule has 0 unspecified atom stereocenters. The minimum absolute atomic E-state index is 0.597. The van der Waals surface area contributed by atoms with Gasteiger partial charge in [0.2, 0.25) is 0 Å². The molecule has 1 N–H and O–H groups in total. The van der Waals surface area contributed by atoms with Gasteiger partial charge in [-0.25, -0.2) is 0 Å². The molecule has 0 amide bonds. The van der Waals surface area contributed by atoms with Crippen molar-refractivity contribution in [1.29, 1.82) is 0 Å². The second-order valence-corrected chi connectivity index (χ2v) is 3.69. The van der Waals surface area contributed by atoms with Gasteiger partial charge in [-0.1, -0.05) is 25.1 Å². The molecular formula is C13H15NO. The van der Waals surface area contributed by atoms with Crippen LogP contribution in [0.3, 0.4) is 0 Å². The van der Waals surface area contributed by atoms with E-state index in [2.05, 4.69) is 30.1 Å².